The van der Waals surface area contributed by atoms with Crippen molar-refractivity contribution in [2.45, 2.75) is 84.9 Å². The predicted octanol–water partition coefficient (Wildman–Crippen LogP) is 5.98. The zero-order valence-corrected chi connectivity index (χ0v) is 18.3. The highest BCUT2D eigenvalue weighted by molar-refractivity contribution is 6.74. The molecule has 2 rings (SSSR count). The van der Waals surface area contributed by atoms with Crippen LogP contribution in [0.25, 0.3) is 0 Å². The maximum Gasteiger partial charge on any atom is 0.316 e. The van der Waals surface area contributed by atoms with Crippen LogP contribution in [0.2, 0.25) is 18.1 Å². The summed E-state index contributed by atoms with van der Waals surface area (Å²) in [5.41, 5.74) is 1.71. The minimum Gasteiger partial charge on any atom is -0.546 e. The molecule has 0 N–H and O–H groups in total. The van der Waals surface area contributed by atoms with Gasteiger partial charge in [-0.3, -0.25) is 4.79 Å². The summed E-state index contributed by atoms with van der Waals surface area (Å²) in [5, 5.41) is 0.161. The summed E-state index contributed by atoms with van der Waals surface area (Å²) in [6.07, 6.45) is 5.07. The van der Waals surface area contributed by atoms with Crippen LogP contribution in [-0.4, -0.2) is 20.9 Å². The molecule has 0 saturated heterocycles. The maximum atomic E-state index is 12.8. The van der Waals surface area contributed by atoms with Gasteiger partial charge in [0.05, 0.1) is 17.8 Å². The van der Waals surface area contributed by atoms with Crippen molar-refractivity contribution < 1.29 is 14.0 Å². The SMILES string of the molecule is C=C1CC(O[Si](C)(C)C(C)(C)C)=C2CCCC[C@@H]2[C@@]1(C)C(=O)OCC. The standard InChI is InChI=1S/C21H36O3Si/c1-9-23-19(22)21(6)15(2)14-18(16-12-10-11-13-17(16)21)24-25(7,8)20(3,4)5/h17H,2,9-14H2,1,3-8H3/t17-,21-/m0/s1. The minimum absolute atomic E-state index is 0.115. The van der Waals surface area contributed by atoms with Gasteiger partial charge in [0.1, 0.15) is 0 Å². The van der Waals surface area contributed by atoms with Crippen molar-refractivity contribution in [3.05, 3.63) is 23.5 Å². The zero-order chi connectivity index (χ0) is 19.0. The van der Waals surface area contributed by atoms with Gasteiger partial charge in [-0.05, 0) is 56.8 Å². The number of carbonyl (C=O) groups excluding carboxylic acids is 1. The molecule has 4 heteroatoms. The number of ether oxygens (including phenoxy) is 1. The number of allylic oxidation sites excluding steroid dienone is 2. The Bertz CT molecular complexity index is 582. The van der Waals surface area contributed by atoms with Crippen molar-refractivity contribution >= 4 is 14.3 Å². The summed E-state index contributed by atoms with van der Waals surface area (Å²) in [6, 6.07) is 0. The Kier molecular flexibility index (Phi) is 5.63. The monoisotopic (exact) mass is 364 g/mol. The Balaban J connectivity index is 2.44. The number of hydrogen-bond acceptors (Lipinski definition) is 3. The predicted molar refractivity (Wildman–Crippen MR) is 106 cm³/mol. The molecule has 25 heavy (non-hydrogen) atoms. The molecule has 0 radical (unpaired) electrons. The number of esters is 1. The third kappa shape index (κ3) is 3.60. The van der Waals surface area contributed by atoms with Crippen LogP contribution in [0.3, 0.4) is 0 Å². The summed E-state index contributed by atoms with van der Waals surface area (Å²) in [5.74, 6) is 1.18. The molecule has 1 fully saturated rings. The molecule has 0 bridgehead atoms. The lowest BCUT2D eigenvalue weighted by Gasteiger charge is -2.47. The van der Waals surface area contributed by atoms with E-state index in [0.29, 0.717) is 13.0 Å². The first-order valence-electron chi connectivity index (χ1n) is 9.71. The van der Waals surface area contributed by atoms with Crippen LogP contribution < -0.4 is 0 Å². The van der Waals surface area contributed by atoms with E-state index in [4.69, 9.17) is 9.16 Å². The van der Waals surface area contributed by atoms with E-state index in [-0.39, 0.29) is 16.9 Å². The third-order valence-electron chi connectivity index (χ3n) is 6.66. The van der Waals surface area contributed by atoms with Crippen LogP contribution >= 0.6 is 0 Å². The number of rotatable bonds is 4. The van der Waals surface area contributed by atoms with Gasteiger partial charge in [-0.15, -0.1) is 0 Å². The van der Waals surface area contributed by atoms with Gasteiger partial charge in [0.15, 0.2) is 0 Å². The molecule has 2 aliphatic rings. The topological polar surface area (TPSA) is 35.5 Å². The number of hydrogen-bond donors (Lipinski definition) is 0. The van der Waals surface area contributed by atoms with E-state index in [9.17, 15) is 4.79 Å². The van der Waals surface area contributed by atoms with Gasteiger partial charge in [0.25, 0.3) is 0 Å². The molecule has 0 aromatic heterocycles. The van der Waals surface area contributed by atoms with Crippen LogP contribution in [0.5, 0.6) is 0 Å². The van der Waals surface area contributed by atoms with Crippen molar-refractivity contribution in [1.82, 2.24) is 0 Å². The van der Waals surface area contributed by atoms with Crippen LogP contribution in [0.1, 0.15) is 66.7 Å². The zero-order valence-electron chi connectivity index (χ0n) is 17.3. The van der Waals surface area contributed by atoms with E-state index >= 15 is 0 Å². The molecule has 1 saturated carbocycles. The summed E-state index contributed by atoms with van der Waals surface area (Å²) in [7, 11) is -1.90. The first kappa shape index (κ1) is 20.3. The van der Waals surface area contributed by atoms with Gasteiger partial charge in [-0.2, -0.15) is 0 Å². The molecular weight excluding hydrogens is 328 g/mol. The highest BCUT2D eigenvalue weighted by Gasteiger charge is 2.51. The minimum atomic E-state index is -1.90. The molecule has 3 nitrogen and oxygen atoms in total. The summed E-state index contributed by atoms with van der Waals surface area (Å²) < 4.78 is 12.2. The molecule has 0 unspecified atom stereocenters. The lowest BCUT2D eigenvalue weighted by molar-refractivity contribution is -0.155. The van der Waals surface area contributed by atoms with Crippen LogP contribution in [0, 0.1) is 11.3 Å². The molecule has 2 atom stereocenters. The normalized spacial score (nSPS) is 27.8. The second kappa shape index (κ2) is 6.94. The largest absolute Gasteiger partial charge is 0.546 e. The smallest absolute Gasteiger partial charge is 0.316 e. The Morgan fingerprint density at radius 2 is 1.96 bits per heavy atom. The summed E-state index contributed by atoms with van der Waals surface area (Å²) in [6.45, 7) is 20.0. The maximum absolute atomic E-state index is 12.8. The molecule has 0 amide bonds. The Labute approximate surface area is 155 Å². The number of carbonyl (C=O) groups is 1. The van der Waals surface area contributed by atoms with Gasteiger partial charge in [-0.25, -0.2) is 0 Å². The van der Waals surface area contributed by atoms with Gasteiger partial charge in [-0.1, -0.05) is 39.3 Å². The summed E-state index contributed by atoms with van der Waals surface area (Å²) >= 11 is 0. The highest BCUT2D eigenvalue weighted by Crippen LogP contribution is 2.54. The van der Waals surface area contributed by atoms with Gasteiger partial charge < -0.3 is 9.16 Å². The van der Waals surface area contributed by atoms with Gasteiger partial charge >= 0.3 is 5.97 Å². The average Bonchev–Trinajstić information content (AvgIpc) is 2.51. The lowest BCUT2D eigenvalue weighted by Crippen LogP contribution is -2.46. The molecule has 2 aliphatic carbocycles. The lowest BCUT2D eigenvalue weighted by atomic mass is 9.60. The Hall–Kier alpha value is -1.03. The Morgan fingerprint density at radius 1 is 1.32 bits per heavy atom. The quantitative estimate of drug-likeness (QED) is 0.349. The van der Waals surface area contributed by atoms with Crippen molar-refractivity contribution in [3.8, 4) is 0 Å². The van der Waals surface area contributed by atoms with Gasteiger partial charge in [0.2, 0.25) is 8.32 Å². The molecule has 0 spiro atoms. The van der Waals surface area contributed by atoms with E-state index in [2.05, 4.69) is 40.4 Å². The molecular formula is C21H36O3Si. The molecule has 0 heterocycles. The first-order chi connectivity index (χ1) is 11.4. The first-order valence-corrected chi connectivity index (χ1v) is 12.6. The third-order valence-corrected chi connectivity index (χ3v) is 11.0. The van der Waals surface area contributed by atoms with Crippen molar-refractivity contribution in [2.75, 3.05) is 6.61 Å². The fourth-order valence-electron chi connectivity index (χ4n) is 3.85. The molecule has 142 valence electrons. The highest BCUT2D eigenvalue weighted by atomic mass is 28.4. The Morgan fingerprint density at radius 3 is 2.52 bits per heavy atom. The molecule has 0 aliphatic heterocycles. The summed E-state index contributed by atoms with van der Waals surface area (Å²) in [4.78, 5) is 12.8. The van der Waals surface area contributed by atoms with Crippen molar-refractivity contribution in [2.24, 2.45) is 11.3 Å². The van der Waals surface area contributed by atoms with E-state index < -0.39 is 13.7 Å². The van der Waals surface area contributed by atoms with E-state index in [1.54, 1.807) is 0 Å². The second-order valence-electron chi connectivity index (χ2n) is 9.31. The van der Waals surface area contributed by atoms with Crippen molar-refractivity contribution in [1.29, 1.82) is 0 Å². The fraction of sp³-hybridized carbons (Fsp3) is 0.762. The van der Waals surface area contributed by atoms with E-state index in [0.717, 1.165) is 30.6 Å². The van der Waals surface area contributed by atoms with E-state index in [1.165, 1.54) is 12.0 Å². The van der Waals surface area contributed by atoms with Crippen LogP contribution in [0.4, 0.5) is 0 Å². The average molecular weight is 365 g/mol. The van der Waals surface area contributed by atoms with Crippen LogP contribution in [0.15, 0.2) is 23.5 Å². The number of fused-ring (bicyclic) bond motifs is 1. The molecule has 0 aromatic rings. The molecule has 0 aromatic carbocycles. The van der Waals surface area contributed by atoms with Crippen LogP contribution in [-0.2, 0) is 14.0 Å². The van der Waals surface area contributed by atoms with E-state index in [1.807, 2.05) is 13.8 Å². The fourth-order valence-corrected chi connectivity index (χ4v) is 4.98. The van der Waals surface area contributed by atoms with Gasteiger partial charge in [0, 0.05) is 12.3 Å². The van der Waals surface area contributed by atoms with Crippen molar-refractivity contribution in [3.63, 3.8) is 0 Å². The second-order valence-corrected chi connectivity index (χ2v) is 14.0.